The van der Waals surface area contributed by atoms with E-state index < -0.39 is 0 Å². The molecule has 4 heterocycles. The fourth-order valence-corrected chi connectivity index (χ4v) is 6.81. The van der Waals surface area contributed by atoms with Crippen LogP contribution in [-0.2, 0) is 0 Å². The van der Waals surface area contributed by atoms with Crippen molar-refractivity contribution in [1.29, 1.82) is 0 Å². The van der Waals surface area contributed by atoms with Crippen LogP contribution in [0.15, 0.2) is 115 Å². The standard InChI is InChI=1S/C35H19N5/c1-2-9-21-20(8-1)16-17-29-30(21)25-18-19-39-28-15-6-5-13-26(28)36-34(39)33(25)40(29)35-37-27-14-7-12-23-22-10-3-4-11-24(22)32(38-35)31(23)27/h1-19H. The van der Waals surface area contributed by atoms with Gasteiger partial charge in [-0.2, -0.15) is 0 Å². The molecular formula is C35H19N5. The maximum Gasteiger partial charge on any atom is 0.235 e. The van der Waals surface area contributed by atoms with Crippen molar-refractivity contribution in [3.05, 3.63) is 115 Å². The Labute approximate surface area is 227 Å². The van der Waals surface area contributed by atoms with Gasteiger partial charge in [0.15, 0.2) is 5.65 Å². The van der Waals surface area contributed by atoms with Gasteiger partial charge in [-0.25, -0.2) is 15.0 Å². The fraction of sp³-hybridized carbons (Fsp3) is 0. The topological polar surface area (TPSA) is 48.0 Å². The lowest BCUT2D eigenvalue weighted by Crippen LogP contribution is -2.03. The Bertz CT molecular complexity index is 2550. The van der Waals surface area contributed by atoms with E-state index in [1.165, 1.54) is 27.3 Å². The van der Waals surface area contributed by atoms with Crippen molar-refractivity contribution in [1.82, 2.24) is 23.9 Å². The molecule has 0 bridgehead atoms. The Morgan fingerprint density at radius 2 is 1.30 bits per heavy atom. The number of imidazole rings is 1. The van der Waals surface area contributed by atoms with Crippen molar-refractivity contribution < 1.29 is 0 Å². The summed E-state index contributed by atoms with van der Waals surface area (Å²) in [6.07, 6.45) is 2.14. The first kappa shape index (κ1) is 20.4. The van der Waals surface area contributed by atoms with Crippen molar-refractivity contribution in [2.45, 2.75) is 0 Å². The summed E-state index contributed by atoms with van der Waals surface area (Å²) in [5, 5.41) is 5.87. The average molecular weight is 510 g/mol. The minimum Gasteiger partial charge on any atom is -0.298 e. The first-order chi connectivity index (χ1) is 19.8. The summed E-state index contributed by atoms with van der Waals surface area (Å²) in [7, 11) is 0. The van der Waals surface area contributed by atoms with Gasteiger partial charge in [-0.3, -0.25) is 8.97 Å². The molecule has 0 spiro atoms. The Morgan fingerprint density at radius 3 is 2.27 bits per heavy atom. The molecule has 9 aromatic rings. The molecule has 4 aromatic heterocycles. The van der Waals surface area contributed by atoms with Gasteiger partial charge < -0.3 is 0 Å². The molecule has 40 heavy (non-hydrogen) atoms. The monoisotopic (exact) mass is 509 g/mol. The number of hydrogen-bond donors (Lipinski definition) is 0. The molecule has 0 fully saturated rings. The van der Waals surface area contributed by atoms with Crippen molar-refractivity contribution in [3.8, 4) is 28.3 Å². The predicted octanol–water partition coefficient (Wildman–Crippen LogP) is 8.33. The van der Waals surface area contributed by atoms with Gasteiger partial charge in [-0.05, 0) is 52.2 Å². The number of hydrogen-bond acceptors (Lipinski definition) is 3. The van der Waals surface area contributed by atoms with Crippen molar-refractivity contribution in [3.63, 3.8) is 0 Å². The van der Waals surface area contributed by atoms with Gasteiger partial charge in [0.1, 0.15) is 5.52 Å². The second-order valence-electron chi connectivity index (χ2n) is 10.5. The molecule has 5 heteroatoms. The highest BCUT2D eigenvalue weighted by Crippen LogP contribution is 2.46. The molecule has 5 nitrogen and oxygen atoms in total. The molecule has 0 unspecified atom stereocenters. The van der Waals surface area contributed by atoms with Gasteiger partial charge in [0, 0.05) is 27.9 Å². The minimum atomic E-state index is 0.659. The van der Waals surface area contributed by atoms with Crippen LogP contribution < -0.4 is 0 Å². The molecule has 0 radical (unpaired) electrons. The first-order valence-electron chi connectivity index (χ1n) is 13.5. The van der Waals surface area contributed by atoms with Crippen LogP contribution in [0.5, 0.6) is 0 Å². The second kappa shape index (κ2) is 7.10. The van der Waals surface area contributed by atoms with E-state index in [2.05, 4.69) is 118 Å². The molecule has 0 aliphatic heterocycles. The van der Waals surface area contributed by atoms with Crippen molar-refractivity contribution in [2.24, 2.45) is 0 Å². The van der Waals surface area contributed by atoms with Crippen LogP contribution in [0.3, 0.4) is 0 Å². The molecule has 1 aliphatic carbocycles. The molecule has 10 rings (SSSR count). The number of aromatic nitrogens is 5. The van der Waals surface area contributed by atoms with Gasteiger partial charge in [0.25, 0.3) is 0 Å². The number of nitrogens with zero attached hydrogens (tertiary/aromatic N) is 5. The SMILES string of the molecule is c1ccc2c(c1)-c1cccc3nc(-n4c5ccc6ccccc6c5c5ccn6c7ccccc7nc6c54)nc-2c13. The lowest BCUT2D eigenvalue weighted by atomic mass is 10.0. The quantitative estimate of drug-likeness (QED) is 0.223. The van der Waals surface area contributed by atoms with E-state index in [0.29, 0.717) is 5.95 Å². The number of para-hydroxylation sites is 2. The Kier molecular flexibility index (Phi) is 3.62. The summed E-state index contributed by atoms with van der Waals surface area (Å²) in [6.45, 7) is 0. The Morgan fingerprint density at radius 1 is 0.500 bits per heavy atom. The average Bonchev–Trinajstić information content (AvgIpc) is 3.66. The van der Waals surface area contributed by atoms with Gasteiger partial charge in [-0.1, -0.05) is 78.9 Å². The molecular weight excluding hydrogens is 490 g/mol. The maximum absolute atomic E-state index is 5.31. The summed E-state index contributed by atoms with van der Waals surface area (Å²) in [5.74, 6) is 0.659. The fourth-order valence-electron chi connectivity index (χ4n) is 6.81. The highest BCUT2D eigenvalue weighted by atomic mass is 15.2. The third-order valence-electron chi connectivity index (χ3n) is 8.48. The third-order valence-corrected chi connectivity index (χ3v) is 8.48. The van der Waals surface area contributed by atoms with Crippen LogP contribution in [0.4, 0.5) is 0 Å². The number of benzene rings is 5. The van der Waals surface area contributed by atoms with Gasteiger partial charge >= 0.3 is 0 Å². The normalized spacial score (nSPS) is 12.5. The molecule has 1 aliphatic rings. The zero-order valence-electron chi connectivity index (χ0n) is 21.2. The smallest absolute Gasteiger partial charge is 0.235 e. The predicted molar refractivity (Wildman–Crippen MR) is 162 cm³/mol. The minimum absolute atomic E-state index is 0.659. The summed E-state index contributed by atoms with van der Waals surface area (Å²) < 4.78 is 4.41. The molecule has 0 saturated heterocycles. The van der Waals surface area contributed by atoms with Crippen LogP contribution in [-0.4, -0.2) is 23.9 Å². The van der Waals surface area contributed by atoms with Crippen LogP contribution in [0, 0.1) is 0 Å². The highest BCUT2D eigenvalue weighted by Gasteiger charge is 2.26. The molecule has 0 atom stereocenters. The molecule has 184 valence electrons. The molecule has 0 saturated carbocycles. The van der Waals surface area contributed by atoms with Gasteiger partial charge in [-0.15, -0.1) is 0 Å². The lowest BCUT2D eigenvalue weighted by Gasteiger charge is -2.10. The number of rotatable bonds is 1. The van der Waals surface area contributed by atoms with Crippen molar-refractivity contribution >= 4 is 60.2 Å². The molecule has 0 N–H and O–H groups in total. The number of pyridine rings is 1. The van der Waals surface area contributed by atoms with Gasteiger partial charge in [0.05, 0.1) is 27.8 Å². The zero-order chi connectivity index (χ0) is 25.9. The maximum atomic E-state index is 5.31. The van der Waals surface area contributed by atoms with E-state index in [4.69, 9.17) is 15.0 Å². The van der Waals surface area contributed by atoms with Crippen LogP contribution in [0.2, 0.25) is 0 Å². The van der Waals surface area contributed by atoms with Crippen LogP contribution in [0.1, 0.15) is 0 Å². The van der Waals surface area contributed by atoms with E-state index in [1.807, 2.05) is 6.07 Å². The molecule has 5 aromatic carbocycles. The van der Waals surface area contributed by atoms with E-state index in [-0.39, 0.29) is 0 Å². The summed E-state index contributed by atoms with van der Waals surface area (Å²) in [5.41, 5.74) is 10.5. The Hall–Kier alpha value is -5.55. The van der Waals surface area contributed by atoms with Crippen LogP contribution in [0.25, 0.3) is 88.5 Å². The summed E-state index contributed by atoms with van der Waals surface area (Å²) >= 11 is 0. The number of fused-ring (bicyclic) bond motifs is 12. The van der Waals surface area contributed by atoms with Gasteiger partial charge in [0.2, 0.25) is 5.95 Å². The van der Waals surface area contributed by atoms with Crippen molar-refractivity contribution in [2.75, 3.05) is 0 Å². The van der Waals surface area contributed by atoms with E-state index >= 15 is 0 Å². The zero-order valence-corrected chi connectivity index (χ0v) is 21.2. The highest BCUT2D eigenvalue weighted by molar-refractivity contribution is 6.23. The lowest BCUT2D eigenvalue weighted by molar-refractivity contribution is 1.01. The second-order valence-corrected chi connectivity index (χ2v) is 10.5. The molecule has 0 amide bonds. The van der Waals surface area contributed by atoms with E-state index in [1.54, 1.807) is 0 Å². The van der Waals surface area contributed by atoms with Crippen LogP contribution >= 0.6 is 0 Å². The van der Waals surface area contributed by atoms with E-state index in [0.717, 1.165) is 55.3 Å². The van der Waals surface area contributed by atoms with E-state index in [9.17, 15) is 0 Å². The first-order valence-corrected chi connectivity index (χ1v) is 13.5. The third kappa shape index (κ3) is 2.41. The summed E-state index contributed by atoms with van der Waals surface area (Å²) in [4.78, 5) is 15.7. The Balaban J connectivity index is 1.44. The summed E-state index contributed by atoms with van der Waals surface area (Å²) in [6, 6.07) is 38.4. The largest absolute Gasteiger partial charge is 0.298 e.